The van der Waals surface area contributed by atoms with E-state index >= 15 is 0 Å². The molecule has 3 aromatic rings. The van der Waals surface area contributed by atoms with Crippen molar-refractivity contribution in [2.75, 3.05) is 18.1 Å². The van der Waals surface area contributed by atoms with Gasteiger partial charge in [-0.05, 0) is 35.9 Å². The molecular weight excluding hydrogens is 390 g/mol. The second-order valence-electron chi connectivity index (χ2n) is 7.10. The summed E-state index contributed by atoms with van der Waals surface area (Å²) in [6.45, 7) is 1.25. The Morgan fingerprint density at radius 1 is 0.966 bits per heavy atom. The van der Waals surface area contributed by atoms with Crippen LogP contribution in [0.25, 0.3) is 0 Å². The summed E-state index contributed by atoms with van der Waals surface area (Å²) in [4.78, 5) is 15.1. The Labute approximate surface area is 173 Å². The van der Waals surface area contributed by atoms with Gasteiger partial charge in [-0.15, -0.1) is 0 Å². The van der Waals surface area contributed by atoms with Crippen molar-refractivity contribution >= 4 is 23.2 Å². The second-order valence-corrected chi connectivity index (χ2v) is 7.54. The third-order valence-corrected chi connectivity index (χ3v) is 5.61. The van der Waals surface area contributed by atoms with Crippen molar-refractivity contribution in [1.29, 1.82) is 0 Å². The van der Waals surface area contributed by atoms with Crippen LogP contribution in [0.5, 0.6) is 11.5 Å². The van der Waals surface area contributed by atoms with Gasteiger partial charge in [0.2, 0.25) is 0 Å². The van der Waals surface area contributed by atoms with Crippen molar-refractivity contribution in [1.82, 2.24) is 0 Å². The molecule has 0 fully saturated rings. The molecule has 29 heavy (non-hydrogen) atoms. The van der Waals surface area contributed by atoms with Crippen molar-refractivity contribution in [3.8, 4) is 11.5 Å². The zero-order valence-corrected chi connectivity index (χ0v) is 16.2. The molecule has 0 aromatic heterocycles. The number of halogens is 1. The fourth-order valence-corrected chi connectivity index (χ4v) is 4.04. The van der Waals surface area contributed by atoms with Gasteiger partial charge in [0.05, 0.1) is 12.2 Å². The monoisotopic (exact) mass is 407 g/mol. The average Bonchev–Trinajstić information content (AvgIpc) is 2.98. The number of carbonyl (C=O) groups excluding carboxylic acids is 1. The molecule has 5 nitrogen and oxygen atoms in total. The molecule has 1 atom stereocenters. The number of aliphatic hydroxyl groups is 1. The summed E-state index contributed by atoms with van der Waals surface area (Å²) in [5.74, 6) is 0.745. The van der Waals surface area contributed by atoms with Crippen molar-refractivity contribution in [2.24, 2.45) is 0 Å². The molecule has 0 bridgehead atoms. The maximum Gasteiger partial charge on any atom is 0.268 e. The Hall–Kier alpha value is -3.02. The van der Waals surface area contributed by atoms with Gasteiger partial charge >= 0.3 is 0 Å². The minimum absolute atomic E-state index is 0.333. The molecule has 0 saturated heterocycles. The fraction of sp³-hybridized carbons (Fsp3) is 0.174. The number of nitrogens with zero attached hydrogens (tertiary/aromatic N) is 1. The van der Waals surface area contributed by atoms with Crippen LogP contribution in [0, 0.1) is 0 Å². The van der Waals surface area contributed by atoms with Crippen molar-refractivity contribution < 1.29 is 19.4 Å². The number of fused-ring (bicyclic) bond motifs is 2. The van der Waals surface area contributed by atoms with Crippen LogP contribution < -0.4 is 14.4 Å². The summed E-state index contributed by atoms with van der Waals surface area (Å²) in [6, 6.07) is 19.8. The minimum atomic E-state index is -1.79. The number of hydrogen-bond donors (Lipinski definition) is 1. The largest absolute Gasteiger partial charge is 0.486 e. The zero-order chi connectivity index (χ0) is 20.0. The van der Waals surface area contributed by atoms with E-state index in [1.54, 1.807) is 41.3 Å². The van der Waals surface area contributed by atoms with Crippen LogP contribution in [0.1, 0.15) is 16.7 Å². The van der Waals surface area contributed by atoms with Crippen LogP contribution in [0.15, 0.2) is 66.7 Å². The summed E-state index contributed by atoms with van der Waals surface area (Å²) in [7, 11) is 0. The lowest BCUT2D eigenvalue weighted by Gasteiger charge is -2.26. The first-order valence-corrected chi connectivity index (χ1v) is 9.73. The first-order chi connectivity index (χ1) is 14.1. The molecule has 3 aromatic carbocycles. The first kappa shape index (κ1) is 18.0. The minimum Gasteiger partial charge on any atom is -0.486 e. The van der Waals surface area contributed by atoms with Crippen LogP contribution in [-0.2, 0) is 16.9 Å². The normalized spacial score (nSPS) is 19.9. The Balaban J connectivity index is 1.58. The van der Waals surface area contributed by atoms with Gasteiger partial charge in [0, 0.05) is 16.1 Å². The summed E-state index contributed by atoms with van der Waals surface area (Å²) < 4.78 is 11.2. The topological polar surface area (TPSA) is 59.0 Å². The Kier molecular flexibility index (Phi) is 4.23. The van der Waals surface area contributed by atoms with Gasteiger partial charge in [0.1, 0.15) is 13.2 Å². The maximum absolute atomic E-state index is 13.5. The molecule has 2 aliphatic heterocycles. The van der Waals surface area contributed by atoms with Crippen molar-refractivity contribution in [3.05, 3.63) is 88.4 Å². The second kappa shape index (κ2) is 6.79. The zero-order valence-electron chi connectivity index (χ0n) is 15.5. The maximum atomic E-state index is 13.5. The smallest absolute Gasteiger partial charge is 0.268 e. The van der Waals surface area contributed by atoms with Crippen LogP contribution in [-0.4, -0.2) is 24.2 Å². The van der Waals surface area contributed by atoms with Gasteiger partial charge < -0.3 is 19.5 Å². The molecule has 2 aliphatic rings. The molecule has 2 heterocycles. The molecule has 0 saturated carbocycles. The molecule has 1 amide bonds. The van der Waals surface area contributed by atoms with Crippen molar-refractivity contribution in [3.63, 3.8) is 0 Å². The lowest BCUT2D eigenvalue weighted by molar-refractivity contribution is -0.132. The van der Waals surface area contributed by atoms with E-state index in [4.69, 9.17) is 21.1 Å². The predicted molar refractivity (Wildman–Crippen MR) is 110 cm³/mol. The molecular formula is C23H18ClNO4. The lowest BCUT2D eigenvalue weighted by Crippen LogP contribution is -2.41. The lowest BCUT2D eigenvalue weighted by atomic mass is 9.87. The molecule has 1 N–H and O–H groups in total. The highest BCUT2D eigenvalue weighted by Crippen LogP contribution is 2.46. The molecule has 0 aliphatic carbocycles. The van der Waals surface area contributed by atoms with E-state index in [1.807, 2.05) is 30.3 Å². The number of benzene rings is 3. The highest BCUT2D eigenvalue weighted by Gasteiger charge is 2.51. The number of para-hydroxylation sites is 1. The Morgan fingerprint density at radius 3 is 2.48 bits per heavy atom. The highest BCUT2D eigenvalue weighted by atomic mass is 35.5. The molecule has 0 spiro atoms. The van der Waals surface area contributed by atoms with Gasteiger partial charge in [-0.3, -0.25) is 4.79 Å². The average molecular weight is 408 g/mol. The van der Waals surface area contributed by atoms with Crippen LogP contribution in [0.2, 0.25) is 5.02 Å². The van der Waals surface area contributed by atoms with Crippen molar-refractivity contribution in [2.45, 2.75) is 12.1 Å². The molecule has 146 valence electrons. The fourth-order valence-electron chi connectivity index (χ4n) is 3.91. The van der Waals surface area contributed by atoms with E-state index in [-0.39, 0.29) is 0 Å². The third kappa shape index (κ3) is 2.85. The Bertz CT molecular complexity index is 1100. The van der Waals surface area contributed by atoms with Crippen LogP contribution >= 0.6 is 11.6 Å². The standard InChI is InChI=1S/C23H18ClNO4/c24-17-8-5-15(6-9-17)14-25-19-4-2-1-3-18(19)23(27,22(25)26)16-7-10-20-21(13-16)29-12-11-28-20/h1-10,13,27H,11-12,14H2. The quantitative estimate of drug-likeness (QED) is 0.715. The SMILES string of the molecule is O=C1N(Cc2ccc(Cl)cc2)c2ccccc2C1(O)c1ccc2c(c1)OCCO2. The molecule has 0 radical (unpaired) electrons. The molecule has 1 unspecified atom stereocenters. The predicted octanol–water partition coefficient (Wildman–Crippen LogP) is 3.89. The van der Waals surface area contributed by atoms with E-state index in [9.17, 15) is 9.90 Å². The first-order valence-electron chi connectivity index (χ1n) is 9.36. The summed E-state index contributed by atoms with van der Waals surface area (Å²) in [5, 5.41) is 12.3. The van der Waals surface area contributed by atoms with Gasteiger partial charge in [-0.2, -0.15) is 0 Å². The summed E-state index contributed by atoms with van der Waals surface area (Å²) in [5.41, 5.74) is 0.820. The van der Waals surface area contributed by atoms with Gasteiger partial charge in [0.15, 0.2) is 17.1 Å². The number of ether oxygens (including phenoxy) is 2. The van der Waals surface area contributed by atoms with Gasteiger partial charge in [-0.25, -0.2) is 0 Å². The number of amides is 1. The Morgan fingerprint density at radius 2 is 1.69 bits per heavy atom. The van der Waals surface area contributed by atoms with Crippen LogP contribution in [0.3, 0.4) is 0 Å². The third-order valence-electron chi connectivity index (χ3n) is 5.35. The van der Waals surface area contributed by atoms with E-state index in [1.165, 1.54) is 0 Å². The number of carbonyl (C=O) groups is 1. The van der Waals surface area contributed by atoms with Gasteiger partial charge in [-0.1, -0.05) is 48.0 Å². The summed E-state index contributed by atoms with van der Waals surface area (Å²) in [6.07, 6.45) is 0. The highest BCUT2D eigenvalue weighted by molar-refractivity contribution is 6.30. The van der Waals surface area contributed by atoms with E-state index in [0.717, 1.165) is 5.56 Å². The number of hydrogen-bond acceptors (Lipinski definition) is 4. The number of anilines is 1. The van der Waals surface area contributed by atoms with E-state index < -0.39 is 11.5 Å². The van der Waals surface area contributed by atoms with E-state index in [0.29, 0.717) is 53.1 Å². The van der Waals surface area contributed by atoms with E-state index in [2.05, 4.69) is 0 Å². The molecule has 6 heteroatoms. The van der Waals surface area contributed by atoms with Gasteiger partial charge in [0.25, 0.3) is 5.91 Å². The number of rotatable bonds is 3. The molecule has 5 rings (SSSR count). The van der Waals surface area contributed by atoms with Crippen LogP contribution in [0.4, 0.5) is 5.69 Å². The summed E-state index contributed by atoms with van der Waals surface area (Å²) >= 11 is 5.98.